The van der Waals surface area contributed by atoms with E-state index in [9.17, 15) is 13.2 Å². The molecule has 214 valence electrons. The summed E-state index contributed by atoms with van der Waals surface area (Å²) in [5.74, 6) is 1.46. The summed E-state index contributed by atoms with van der Waals surface area (Å²) < 4.78 is 33.0. The van der Waals surface area contributed by atoms with Gasteiger partial charge in [0.05, 0.1) is 12.0 Å². The van der Waals surface area contributed by atoms with Gasteiger partial charge < -0.3 is 19.9 Å². The van der Waals surface area contributed by atoms with Gasteiger partial charge in [-0.1, -0.05) is 0 Å². The molecule has 3 aliphatic rings. The van der Waals surface area contributed by atoms with Crippen LogP contribution in [0.4, 0.5) is 0 Å². The van der Waals surface area contributed by atoms with E-state index >= 15 is 0 Å². The Kier molecular flexibility index (Phi) is 10.1. The highest BCUT2D eigenvalue weighted by atomic mass is 32.2. The van der Waals surface area contributed by atoms with Gasteiger partial charge in [0.1, 0.15) is 5.75 Å². The monoisotopic (exact) mass is 548 g/mol. The number of aryl methyl sites for hydroxylation is 2. The summed E-state index contributed by atoms with van der Waals surface area (Å²) in [6.45, 7) is 10.0. The summed E-state index contributed by atoms with van der Waals surface area (Å²) in [7, 11) is -0.580. The van der Waals surface area contributed by atoms with E-state index in [2.05, 4.69) is 15.1 Å². The standard InChI is InChI=1S/C29H48N4O4S/c1-22-20-27(37-4)21-23(2)29(22)38(35,36)31(3)16-13-28(34)30-25-6-8-26(9-7-25)33-18-11-24(12-19-33)10-17-32-14-5-15-32/h20-21,24-26H,5-19H2,1-4H3,(H,30,34)/t25-,26-. The Labute approximate surface area is 230 Å². The molecule has 1 saturated carbocycles. The topological polar surface area (TPSA) is 82.2 Å². The zero-order valence-corrected chi connectivity index (χ0v) is 24.7. The van der Waals surface area contributed by atoms with Crippen molar-refractivity contribution in [2.45, 2.75) is 88.6 Å². The minimum absolute atomic E-state index is 0.0679. The van der Waals surface area contributed by atoms with E-state index in [1.807, 2.05) is 0 Å². The molecule has 38 heavy (non-hydrogen) atoms. The summed E-state index contributed by atoms with van der Waals surface area (Å²) in [5, 5.41) is 3.17. The minimum atomic E-state index is -3.69. The molecule has 0 radical (unpaired) electrons. The number of benzene rings is 1. The van der Waals surface area contributed by atoms with E-state index in [0.29, 0.717) is 27.8 Å². The predicted molar refractivity (Wildman–Crippen MR) is 151 cm³/mol. The lowest BCUT2D eigenvalue weighted by atomic mass is 9.86. The van der Waals surface area contributed by atoms with E-state index in [-0.39, 0.29) is 24.9 Å². The Hall–Kier alpha value is -1.68. The number of hydrogen-bond donors (Lipinski definition) is 1. The fourth-order valence-electron chi connectivity index (χ4n) is 6.43. The van der Waals surface area contributed by atoms with Gasteiger partial charge in [-0.25, -0.2) is 12.7 Å². The molecule has 0 spiro atoms. The first-order valence-electron chi connectivity index (χ1n) is 14.5. The van der Waals surface area contributed by atoms with Crippen LogP contribution >= 0.6 is 0 Å². The fourth-order valence-corrected chi connectivity index (χ4v) is 8.01. The Balaban J connectivity index is 1.16. The number of ether oxygens (including phenoxy) is 1. The van der Waals surface area contributed by atoms with Crippen molar-refractivity contribution in [2.75, 3.05) is 53.4 Å². The van der Waals surface area contributed by atoms with Crippen molar-refractivity contribution in [3.05, 3.63) is 23.3 Å². The van der Waals surface area contributed by atoms with Gasteiger partial charge in [-0.3, -0.25) is 4.79 Å². The summed E-state index contributed by atoms with van der Waals surface area (Å²) in [5.41, 5.74) is 1.29. The van der Waals surface area contributed by atoms with Crippen molar-refractivity contribution < 1.29 is 17.9 Å². The summed E-state index contributed by atoms with van der Waals surface area (Å²) in [6, 6.07) is 4.30. The Morgan fingerprint density at radius 1 is 1.03 bits per heavy atom. The van der Waals surface area contributed by atoms with E-state index in [1.165, 1.54) is 62.7 Å². The van der Waals surface area contributed by atoms with Crippen molar-refractivity contribution in [1.29, 1.82) is 0 Å². The van der Waals surface area contributed by atoms with Gasteiger partial charge in [-0.05, 0) is 127 Å². The molecule has 1 N–H and O–H groups in total. The molecule has 0 unspecified atom stereocenters. The quantitative estimate of drug-likeness (QED) is 0.456. The fraction of sp³-hybridized carbons (Fsp3) is 0.759. The van der Waals surface area contributed by atoms with E-state index in [4.69, 9.17) is 4.74 Å². The first-order chi connectivity index (χ1) is 18.2. The number of piperidine rings is 1. The highest BCUT2D eigenvalue weighted by Crippen LogP contribution is 2.30. The number of methoxy groups -OCH3 is 1. The molecule has 1 amide bonds. The zero-order valence-electron chi connectivity index (χ0n) is 23.9. The van der Waals surface area contributed by atoms with E-state index < -0.39 is 10.0 Å². The van der Waals surface area contributed by atoms with Crippen molar-refractivity contribution in [3.8, 4) is 5.75 Å². The largest absolute Gasteiger partial charge is 0.497 e. The van der Waals surface area contributed by atoms with Crippen molar-refractivity contribution in [2.24, 2.45) is 5.92 Å². The lowest BCUT2D eigenvalue weighted by Crippen LogP contribution is -2.47. The van der Waals surface area contributed by atoms with Crippen LogP contribution in [0.15, 0.2) is 17.0 Å². The van der Waals surface area contributed by atoms with Crippen LogP contribution in [0.3, 0.4) is 0 Å². The molecule has 0 aromatic heterocycles. The Morgan fingerprint density at radius 3 is 2.21 bits per heavy atom. The zero-order chi connectivity index (χ0) is 27.3. The van der Waals surface area contributed by atoms with Crippen LogP contribution in [0.25, 0.3) is 0 Å². The first-order valence-corrected chi connectivity index (χ1v) is 16.0. The second kappa shape index (κ2) is 13.1. The van der Waals surface area contributed by atoms with Crippen molar-refractivity contribution in [3.63, 3.8) is 0 Å². The summed E-state index contributed by atoms with van der Waals surface area (Å²) in [4.78, 5) is 18.3. The van der Waals surface area contributed by atoms with Gasteiger partial charge >= 0.3 is 0 Å². The van der Waals surface area contributed by atoms with Crippen LogP contribution in [0, 0.1) is 19.8 Å². The average molecular weight is 549 g/mol. The number of nitrogens with one attached hydrogen (secondary N) is 1. The van der Waals surface area contributed by atoms with Gasteiger partial charge in [-0.2, -0.15) is 0 Å². The molecule has 2 aliphatic heterocycles. The van der Waals surface area contributed by atoms with Crippen LogP contribution in [0.2, 0.25) is 0 Å². The van der Waals surface area contributed by atoms with Crippen molar-refractivity contribution in [1.82, 2.24) is 19.4 Å². The summed E-state index contributed by atoms with van der Waals surface area (Å²) >= 11 is 0. The SMILES string of the molecule is COc1cc(C)c(S(=O)(=O)N(C)CCC(=O)N[C@H]2CC[C@H](N3CCC(CCN4CCC4)CC3)CC2)c(C)c1. The first kappa shape index (κ1) is 29.3. The molecule has 1 aromatic carbocycles. The molecule has 8 nitrogen and oxygen atoms in total. The van der Waals surface area contributed by atoms with Crippen LogP contribution in [-0.2, 0) is 14.8 Å². The molecule has 0 bridgehead atoms. The third kappa shape index (κ3) is 7.29. The highest BCUT2D eigenvalue weighted by molar-refractivity contribution is 7.89. The molecule has 2 heterocycles. The molecule has 9 heteroatoms. The van der Waals surface area contributed by atoms with Gasteiger partial charge in [0.2, 0.25) is 15.9 Å². The number of carbonyl (C=O) groups excluding carboxylic acids is 1. The lowest BCUT2D eigenvalue weighted by Gasteiger charge is -2.41. The average Bonchev–Trinajstić information content (AvgIpc) is 2.86. The van der Waals surface area contributed by atoms with Crippen molar-refractivity contribution >= 4 is 15.9 Å². The van der Waals surface area contributed by atoms with E-state index in [0.717, 1.165) is 31.6 Å². The lowest BCUT2D eigenvalue weighted by molar-refractivity contribution is -0.122. The molecular formula is C29H48N4O4S. The molecule has 0 atom stereocenters. The van der Waals surface area contributed by atoms with Crippen LogP contribution in [-0.4, -0.2) is 93.9 Å². The van der Waals surface area contributed by atoms with Crippen LogP contribution in [0.1, 0.15) is 68.9 Å². The second-order valence-electron chi connectivity index (χ2n) is 11.7. The highest BCUT2D eigenvalue weighted by Gasteiger charge is 2.30. The minimum Gasteiger partial charge on any atom is -0.497 e. The number of sulfonamides is 1. The normalized spacial score (nSPS) is 23.8. The molecule has 2 saturated heterocycles. The number of nitrogens with zero attached hydrogens (tertiary/aromatic N) is 3. The number of rotatable bonds is 11. The predicted octanol–water partition coefficient (Wildman–Crippen LogP) is 3.56. The van der Waals surface area contributed by atoms with Gasteiger partial charge in [-0.15, -0.1) is 0 Å². The molecular weight excluding hydrogens is 500 g/mol. The molecule has 1 aromatic rings. The third-order valence-corrected chi connectivity index (χ3v) is 11.2. The smallest absolute Gasteiger partial charge is 0.243 e. The Morgan fingerprint density at radius 2 is 1.66 bits per heavy atom. The van der Waals surface area contributed by atoms with Gasteiger partial charge in [0, 0.05) is 32.1 Å². The molecule has 4 rings (SSSR count). The van der Waals surface area contributed by atoms with Gasteiger partial charge in [0.15, 0.2) is 0 Å². The number of amides is 1. The maximum Gasteiger partial charge on any atom is 0.243 e. The number of likely N-dealkylation sites (tertiary alicyclic amines) is 2. The van der Waals surface area contributed by atoms with Gasteiger partial charge in [0.25, 0.3) is 0 Å². The van der Waals surface area contributed by atoms with Crippen LogP contribution < -0.4 is 10.1 Å². The maximum absolute atomic E-state index is 13.2. The van der Waals surface area contributed by atoms with E-state index in [1.54, 1.807) is 40.1 Å². The maximum atomic E-state index is 13.2. The van der Waals surface area contributed by atoms with Crippen LogP contribution in [0.5, 0.6) is 5.75 Å². The molecule has 3 fully saturated rings. The Bertz CT molecular complexity index is 1020. The summed E-state index contributed by atoms with van der Waals surface area (Å²) in [6.07, 6.45) is 9.84. The number of carbonyl (C=O) groups is 1. The third-order valence-electron chi connectivity index (χ3n) is 9.02. The molecule has 1 aliphatic carbocycles. The second-order valence-corrected chi connectivity index (χ2v) is 13.7. The number of hydrogen-bond acceptors (Lipinski definition) is 6.